The number of hydrogen-bond donors (Lipinski definition) is 1. The second-order valence-electron chi connectivity index (χ2n) is 8.50. The SMILES string of the molecule is CCCCCCCCCCCCCCc1cc(Oc2ccc([O-])cc2)cc(S(=O)(=O)O)c1.[Na+]. The molecule has 0 radical (unpaired) electrons. The molecule has 0 heterocycles. The maximum absolute atomic E-state index is 11.7. The van der Waals surface area contributed by atoms with Crippen LogP contribution in [0.15, 0.2) is 47.4 Å². The first-order chi connectivity index (χ1) is 15.4. The number of unbranched alkanes of at least 4 members (excludes halogenated alkanes) is 11. The van der Waals surface area contributed by atoms with E-state index in [1.807, 2.05) is 0 Å². The molecule has 7 heteroatoms. The van der Waals surface area contributed by atoms with Gasteiger partial charge in [0.25, 0.3) is 10.1 Å². The molecule has 0 bridgehead atoms. The van der Waals surface area contributed by atoms with Crippen LogP contribution in [0.1, 0.15) is 89.5 Å². The normalized spacial score (nSPS) is 11.2. The fraction of sp³-hybridized carbons (Fsp3) is 0.538. The summed E-state index contributed by atoms with van der Waals surface area (Å²) in [6.45, 7) is 2.24. The topological polar surface area (TPSA) is 86.7 Å². The van der Waals surface area contributed by atoms with Crippen LogP contribution in [0.3, 0.4) is 0 Å². The maximum Gasteiger partial charge on any atom is 1.00 e. The monoisotopic (exact) mass is 484 g/mol. The molecule has 0 aromatic heterocycles. The van der Waals surface area contributed by atoms with Gasteiger partial charge in [0.15, 0.2) is 0 Å². The summed E-state index contributed by atoms with van der Waals surface area (Å²) in [5, 5.41) is 11.2. The van der Waals surface area contributed by atoms with E-state index in [4.69, 9.17) is 4.74 Å². The van der Waals surface area contributed by atoms with E-state index in [-0.39, 0.29) is 40.2 Å². The van der Waals surface area contributed by atoms with E-state index < -0.39 is 10.1 Å². The summed E-state index contributed by atoms with van der Waals surface area (Å²) in [7, 11) is -4.33. The summed E-state index contributed by atoms with van der Waals surface area (Å²) in [6.07, 6.45) is 15.9. The van der Waals surface area contributed by atoms with Gasteiger partial charge in [0.2, 0.25) is 0 Å². The Morgan fingerprint density at radius 2 is 1.27 bits per heavy atom. The first kappa shape index (κ1) is 30.0. The van der Waals surface area contributed by atoms with Crippen molar-refractivity contribution in [2.45, 2.75) is 95.3 Å². The third-order valence-electron chi connectivity index (χ3n) is 5.62. The Morgan fingerprint density at radius 1 is 0.758 bits per heavy atom. The fourth-order valence-corrected chi connectivity index (χ4v) is 4.36. The predicted molar refractivity (Wildman–Crippen MR) is 127 cm³/mol. The van der Waals surface area contributed by atoms with Crippen LogP contribution in [0, 0.1) is 0 Å². The van der Waals surface area contributed by atoms with E-state index in [2.05, 4.69) is 6.92 Å². The Kier molecular flexibility index (Phi) is 15.0. The molecule has 33 heavy (non-hydrogen) atoms. The third kappa shape index (κ3) is 12.8. The Bertz CT molecular complexity index is 897. The van der Waals surface area contributed by atoms with Crippen molar-refractivity contribution in [1.82, 2.24) is 0 Å². The van der Waals surface area contributed by atoms with Crippen LogP contribution in [0.5, 0.6) is 17.2 Å². The van der Waals surface area contributed by atoms with Gasteiger partial charge >= 0.3 is 29.6 Å². The molecule has 1 N–H and O–H groups in total. The minimum atomic E-state index is -4.33. The molecule has 5 nitrogen and oxygen atoms in total. The molecule has 0 aliphatic carbocycles. The standard InChI is InChI=1S/C26H38O5S.Na/c1-2-3-4-5-6-7-8-9-10-11-12-13-14-22-19-25(21-26(20-22)32(28,29)30)31-24-17-15-23(27)16-18-24;/h15-21,27H,2-14H2,1H3,(H,28,29,30);/q;+1/p-1. The van der Waals surface area contributed by atoms with Crippen molar-refractivity contribution in [2.75, 3.05) is 0 Å². The van der Waals surface area contributed by atoms with Crippen molar-refractivity contribution in [2.24, 2.45) is 0 Å². The van der Waals surface area contributed by atoms with Gasteiger partial charge in [-0.25, -0.2) is 0 Å². The van der Waals surface area contributed by atoms with E-state index in [9.17, 15) is 18.1 Å². The largest absolute Gasteiger partial charge is 1.00 e. The Hall–Kier alpha value is -1.05. The molecule has 0 spiro atoms. The minimum Gasteiger partial charge on any atom is -0.872 e. The molecule has 0 atom stereocenters. The molecule has 0 aliphatic rings. The Morgan fingerprint density at radius 3 is 1.79 bits per heavy atom. The van der Waals surface area contributed by atoms with Gasteiger partial charge in [-0.05, 0) is 42.7 Å². The maximum atomic E-state index is 11.7. The van der Waals surface area contributed by atoms with Gasteiger partial charge in [-0.1, -0.05) is 89.7 Å². The molecule has 178 valence electrons. The molecule has 0 unspecified atom stereocenters. The van der Waals surface area contributed by atoms with E-state index in [0.717, 1.165) is 24.8 Å². The van der Waals surface area contributed by atoms with Crippen LogP contribution in [0.2, 0.25) is 0 Å². The molecule has 2 rings (SSSR count). The molecule has 0 amide bonds. The van der Waals surface area contributed by atoms with Crippen LogP contribution in [-0.2, 0) is 16.5 Å². The van der Waals surface area contributed by atoms with Gasteiger partial charge < -0.3 is 9.84 Å². The van der Waals surface area contributed by atoms with Crippen LogP contribution in [0.25, 0.3) is 0 Å². The van der Waals surface area contributed by atoms with Gasteiger partial charge in [0.1, 0.15) is 11.5 Å². The van der Waals surface area contributed by atoms with E-state index in [1.165, 1.54) is 101 Å². The second-order valence-corrected chi connectivity index (χ2v) is 9.92. The van der Waals surface area contributed by atoms with Crippen LogP contribution >= 0.6 is 0 Å². The molecular weight excluding hydrogens is 447 g/mol. The summed E-state index contributed by atoms with van der Waals surface area (Å²) in [5.74, 6) is 0.637. The zero-order chi connectivity index (χ0) is 23.2. The van der Waals surface area contributed by atoms with Crippen molar-refractivity contribution in [1.29, 1.82) is 0 Å². The number of ether oxygens (including phenoxy) is 1. The number of benzene rings is 2. The minimum absolute atomic E-state index is 0. The average Bonchev–Trinajstić information content (AvgIpc) is 2.75. The molecule has 0 saturated heterocycles. The Labute approximate surface area is 222 Å². The zero-order valence-electron chi connectivity index (χ0n) is 20.2. The molecular formula is C26H37NaO5S. The van der Waals surface area contributed by atoms with Crippen molar-refractivity contribution in [3.63, 3.8) is 0 Å². The van der Waals surface area contributed by atoms with E-state index >= 15 is 0 Å². The summed E-state index contributed by atoms with van der Waals surface area (Å²) in [6, 6.07) is 10.4. The molecule has 2 aromatic carbocycles. The quantitative estimate of drug-likeness (QED) is 0.221. The van der Waals surface area contributed by atoms with Gasteiger partial charge in [0, 0.05) is 6.07 Å². The van der Waals surface area contributed by atoms with E-state index in [0.29, 0.717) is 11.5 Å². The fourth-order valence-electron chi connectivity index (χ4n) is 3.80. The summed E-state index contributed by atoms with van der Waals surface area (Å²) in [4.78, 5) is -0.176. The molecule has 0 saturated carbocycles. The number of hydrogen-bond acceptors (Lipinski definition) is 4. The van der Waals surface area contributed by atoms with Crippen molar-refractivity contribution >= 4 is 10.1 Å². The van der Waals surface area contributed by atoms with E-state index in [1.54, 1.807) is 6.07 Å². The van der Waals surface area contributed by atoms with Gasteiger partial charge in [-0.3, -0.25) is 4.55 Å². The first-order valence-electron chi connectivity index (χ1n) is 11.9. The average molecular weight is 485 g/mol. The van der Waals surface area contributed by atoms with Crippen molar-refractivity contribution in [3.05, 3.63) is 48.0 Å². The second kappa shape index (κ2) is 16.6. The van der Waals surface area contributed by atoms with Gasteiger partial charge in [0.05, 0.1) is 4.90 Å². The van der Waals surface area contributed by atoms with Crippen LogP contribution in [-0.4, -0.2) is 13.0 Å². The molecule has 2 aromatic rings. The first-order valence-corrected chi connectivity index (χ1v) is 13.4. The Balaban J connectivity index is 0.00000544. The van der Waals surface area contributed by atoms with Gasteiger partial charge in [-0.15, -0.1) is 5.75 Å². The van der Waals surface area contributed by atoms with Crippen LogP contribution < -0.4 is 39.4 Å². The predicted octanol–water partition coefficient (Wildman–Crippen LogP) is 4.05. The summed E-state index contributed by atoms with van der Waals surface area (Å²) < 4.78 is 38.5. The smallest absolute Gasteiger partial charge is 0.872 e. The van der Waals surface area contributed by atoms with Crippen molar-refractivity contribution < 1.29 is 52.4 Å². The third-order valence-corrected chi connectivity index (χ3v) is 6.45. The van der Waals surface area contributed by atoms with Crippen molar-refractivity contribution in [3.8, 4) is 17.2 Å². The molecule has 0 aliphatic heterocycles. The number of aryl methyl sites for hydroxylation is 1. The van der Waals surface area contributed by atoms with Gasteiger partial charge in [-0.2, -0.15) is 8.42 Å². The summed E-state index contributed by atoms with van der Waals surface area (Å²) in [5.41, 5.74) is 0.808. The summed E-state index contributed by atoms with van der Waals surface area (Å²) >= 11 is 0. The zero-order valence-corrected chi connectivity index (χ0v) is 23.0. The number of rotatable bonds is 16. The van der Waals surface area contributed by atoms with Crippen LogP contribution in [0.4, 0.5) is 0 Å². The molecule has 0 fully saturated rings.